The third-order valence-electron chi connectivity index (χ3n) is 4.90. The van der Waals surface area contributed by atoms with Gasteiger partial charge in [0.25, 0.3) is 0 Å². The summed E-state index contributed by atoms with van der Waals surface area (Å²) in [7, 11) is 1.94. The molecule has 0 heterocycles. The van der Waals surface area contributed by atoms with Crippen molar-refractivity contribution in [1.29, 1.82) is 0 Å². The second-order valence-electron chi connectivity index (χ2n) is 6.64. The normalized spacial score (nSPS) is 22.7. The molecule has 1 fully saturated rings. The van der Waals surface area contributed by atoms with Crippen molar-refractivity contribution in [1.82, 2.24) is 5.32 Å². The number of carbonyl (C=O) groups is 1. The lowest BCUT2D eigenvalue weighted by Crippen LogP contribution is -2.43. The van der Waals surface area contributed by atoms with Crippen LogP contribution < -0.4 is 10.2 Å². The predicted octanol–water partition coefficient (Wildman–Crippen LogP) is 4.00. The SMILES string of the molecule is C[C@H](CNC(=O)[C@H]1CCC[C@@H](C(F)(F)F)C1)N(C)c1ccccc1. The maximum absolute atomic E-state index is 12.8. The number of hydrogen-bond acceptors (Lipinski definition) is 2. The summed E-state index contributed by atoms with van der Waals surface area (Å²) in [6.45, 7) is 2.39. The van der Waals surface area contributed by atoms with Crippen LogP contribution in [0.5, 0.6) is 0 Å². The molecule has 1 saturated carbocycles. The molecule has 0 aliphatic heterocycles. The van der Waals surface area contributed by atoms with Crippen LogP contribution in [0, 0.1) is 11.8 Å². The van der Waals surface area contributed by atoms with E-state index in [1.165, 1.54) is 0 Å². The number of nitrogens with zero attached hydrogens (tertiary/aromatic N) is 1. The first kappa shape index (κ1) is 18.6. The number of para-hydroxylation sites is 1. The lowest BCUT2D eigenvalue weighted by atomic mass is 9.80. The van der Waals surface area contributed by atoms with Gasteiger partial charge < -0.3 is 10.2 Å². The van der Waals surface area contributed by atoms with E-state index in [1.54, 1.807) is 0 Å². The van der Waals surface area contributed by atoms with Crippen LogP contribution in [-0.2, 0) is 4.79 Å². The molecular formula is C18H25F3N2O. The highest BCUT2D eigenvalue weighted by Gasteiger charge is 2.43. The quantitative estimate of drug-likeness (QED) is 0.877. The molecule has 0 spiro atoms. The first-order valence-electron chi connectivity index (χ1n) is 8.41. The molecule has 1 aliphatic carbocycles. The van der Waals surface area contributed by atoms with Crippen molar-refractivity contribution in [3.05, 3.63) is 30.3 Å². The van der Waals surface area contributed by atoms with Gasteiger partial charge in [0.1, 0.15) is 0 Å². The van der Waals surface area contributed by atoms with Crippen LogP contribution in [0.3, 0.4) is 0 Å². The minimum Gasteiger partial charge on any atom is -0.370 e. The molecule has 0 saturated heterocycles. The number of nitrogens with one attached hydrogen (secondary N) is 1. The summed E-state index contributed by atoms with van der Waals surface area (Å²) in [5.74, 6) is -2.12. The van der Waals surface area contributed by atoms with Gasteiger partial charge in [0.2, 0.25) is 5.91 Å². The van der Waals surface area contributed by atoms with Crippen molar-refractivity contribution in [2.75, 3.05) is 18.5 Å². The Morgan fingerprint density at radius 2 is 1.96 bits per heavy atom. The molecule has 6 heteroatoms. The largest absolute Gasteiger partial charge is 0.391 e. The van der Waals surface area contributed by atoms with Gasteiger partial charge in [-0.2, -0.15) is 13.2 Å². The topological polar surface area (TPSA) is 32.3 Å². The number of carbonyl (C=O) groups excluding carboxylic acids is 1. The number of alkyl halides is 3. The average Bonchev–Trinajstić information content (AvgIpc) is 2.58. The van der Waals surface area contributed by atoms with Gasteiger partial charge >= 0.3 is 6.18 Å². The smallest absolute Gasteiger partial charge is 0.370 e. The molecule has 0 bridgehead atoms. The predicted molar refractivity (Wildman–Crippen MR) is 88.8 cm³/mol. The zero-order chi connectivity index (χ0) is 17.7. The highest BCUT2D eigenvalue weighted by molar-refractivity contribution is 5.78. The van der Waals surface area contributed by atoms with Gasteiger partial charge in [-0.15, -0.1) is 0 Å². The van der Waals surface area contributed by atoms with E-state index in [0.29, 0.717) is 19.4 Å². The average molecular weight is 342 g/mol. The lowest BCUT2D eigenvalue weighted by molar-refractivity contribution is -0.186. The Morgan fingerprint density at radius 1 is 1.29 bits per heavy atom. The zero-order valence-electron chi connectivity index (χ0n) is 14.1. The summed E-state index contributed by atoms with van der Waals surface area (Å²) in [6, 6.07) is 9.83. The number of amides is 1. The standard InChI is InChI=1S/C18H25F3N2O/c1-13(23(2)16-9-4-3-5-10-16)12-22-17(24)14-7-6-8-15(11-14)18(19,20)21/h3-5,9-10,13-15H,6-8,11-12H2,1-2H3,(H,22,24)/t13-,14+,15-/m1/s1. The Kier molecular flexibility index (Phi) is 6.13. The van der Waals surface area contributed by atoms with E-state index >= 15 is 0 Å². The summed E-state index contributed by atoms with van der Waals surface area (Å²) < 4.78 is 38.5. The van der Waals surface area contributed by atoms with Gasteiger partial charge in [0.05, 0.1) is 5.92 Å². The molecule has 2 rings (SSSR count). The maximum Gasteiger partial charge on any atom is 0.391 e. The number of rotatable bonds is 5. The molecule has 0 aromatic heterocycles. The summed E-state index contributed by atoms with van der Waals surface area (Å²) in [5.41, 5.74) is 1.04. The third kappa shape index (κ3) is 4.89. The Morgan fingerprint density at radius 3 is 2.58 bits per heavy atom. The summed E-state index contributed by atoms with van der Waals surface area (Å²) in [4.78, 5) is 14.3. The second kappa shape index (κ2) is 7.90. The highest BCUT2D eigenvalue weighted by Crippen LogP contribution is 2.39. The van der Waals surface area contributed by atoms with Crippen LogP contribution in [0.1, 0.15) is 32.6 Å². The first-order chi connectivity index (χ1) is 11.3. The third-order valence-corrected chi connectivity index (χ3v) is 4.90. The second-order valence-corrected chi connectivity index (χ2v) is 6.64. The fourth-order valence-corrected chi connectivity index (χ4v) is 3.17. The van der Waals surface area contributed by atoms with Crippen molar-refractivity contribution < 1.29 is 18.0 Å². The number of benzene rings is 1. The zero-order valence-corrected chi connectivity index (χ0v) is 14.1. The van der Waals surface area contributed by atoms with E-state index < -0.39 is 18.0 Å². The van der Waals surface area contributed by atoms with Crippen LogP contribution in [0.4, 0.5) is 18.9 Å². The van der Waals surface area contributed by atoms with Crippen LogP contribution in [0.25, 0.3) is 0 Å². The lowest BCUT2D eigenvalue weighted by Gasteiger charge is -2.31. The molecule has 0 radical (unpaired) electrons. The van der Waals surface area contributed by atoms with Gasteiger partial charge in [0.15, 0.2) is 0 Å². The molecule has 1 aromatic carbocycles. The molecule has 1 aromatic rings. The Labute approximate surface area is 141 Å². The molecule has 3 atom stereocenters. The van der Waals surface area contributed by atoms with E-state index in [9.17, 15) is 18.0 Å². The molecule has 134 valence electrons. The van der Waals surface area contributed by atoms with Gasteiger partial charge in [-0.1, -0.05) is 24.6 Å². The fraction of sp³-hybridized carbons (Fsp3) is 0.611. The summed E-state index contributed by atoms with van der Waals surface area (Å²) >= 11 is 0. The molecule has 3 nitrogen and oxygen atoms in total. The Bertz CT molecular complexity index is 533. The number of anilines is 1. The minimum absolute atomic E-state index is 0.0540. The van der Waals surface area contributed by atoms with E-state index in [2.05, 4.69) is 5.32 Å². The number of likely N-dealkylation sites (N-methyl/N-ethyl adjacent to an activating group) is 1. The first-order valence-corrected chi connectivity index (χ1v) is 8.41. The maximum atomic E-state index is 12.8. The van der Waals surface area contributed by atoms with Crippen molar-refractivity contribution in [2.45, 2.75) is 44.8 Å². The van der Waals surface area contributed by atoms with E-state index in [4.69, 9.17) is 0 Å². The van der Waals surface area contributed by atoms with Gasteiger partial charge in [-0.05, 0) is 38.3 Å². The van der Waals surface area contributed by atoms with E-state index in [0.717, 1.165) is 5.69 Å². The van der Waals surface area contributed by atoms with Crippen LogP contribution in [0.2, 0.25) is 0 Å². The van der Waals surface area contributed by atoms with Crippen LogP contribution >= 0.6 is 0 Å². The summed E-state index contributed by atoms with van der Waals surface area (Å²) in [6.07, 6.45) is -3.14. The van der Waals surface area contributed by atoms with Gasteiger partial charge in [-0.25, -0.2) is 0 Å². The molecule has 1 aliphatic rings. The molecule has 1 amide bonds. The Hall–Kier alpha value is -1.72. The van der Waals surface area contributed by atoms with Crippen LogP contribution in [0.15, 0.2) is 30.3 Å². The fourth-order valence-electron chi connectivity index (χ4n) is 3.17. The van der Waals surface area contributed by atoms with E-state index in [1.807, 2.05) is 49.2 Å². The monoisotopic (exact) mass is 342 g/mol. The van der Waals surface area contributed by atoms with Crippen molar-refractivity contribution in [2.24, 2.45) is 11.8 Å². The minimum atomic E-state index is -4.19. The number of hydrogen-bond donors (Lipinski definition) is 1. The van der Waals surface area contributed by atoms with E-state index in [-0.39, 0.29) is 24.8 Å². The van der Waals surface area contributed by atoms with Gasteiger partial charge in [-0.3, -0.25) is 4.79 Å². The van der Waals surface area contributed by atoms with Gasteiger partial charge in [0, 0.05) is 31.2 Å². The van der Waals surface area contributed by atoms with Crippen LogP contribution in [-0.4, -0.2) is 31.7 Å². The Balaban J connectivity index is 1.84. The van der Waals surface area contributed by atoms with Crippen molar-refractivity contribution in [3.8, 4) is 0 Å². The number of halogens is 3. The molecule has 0 unspecified atom stereocenters. The molecule has 24 heavy (non-hydrogen) atoms. The molecular weight excluding hydrogens is 317 g/mol. The molecule has 1 N–H and O–H groups in total. The highest BCUT2D eigenvalue weighted by atomic mass is 19.4. The van der Waals surface area contributed by atoms with Crippen molar-refractivity contribution >= 4 is 11.6 Å². The van der Waals surface area contributed by atoms with Crippen molar-refractivity contribution in [3.63, 3.8) is 0 Å². The summed E-state index contributed by atoms with van der Waals surface area (Å²) in [5, 5.41) is 2.83.